The van der Waals surface area contributed by atoms with Gasteiger partial charge in [-0.05, 0) is 63.5 Å². The molecule has 0 aromatic heterocycles. The molecule has 0 spiro atoms. The van der Waals surface area contributed by atoms with Gasteiger partial charge in [0.2, 0.25) is 0 Å². The molecule has 1 N–H and O–H groups in total. The molecule has 1 heterocycles. The summed E-state index contributed by atoms with van der Waals surface area (Å²) in [6.07, 6.45) is 6.67. The van der Waals surface area contributed by atoms with Gasteiger partial charge in [0, 0.05) is 32.3 Å². The topological polar surface area (TPSA) is 24.5 Å². The minimum atomic E-state index is 0.744. The van der Waals surface area contributed by atoms with E-state index >= 15 is 0 Å². The SMILES string of the molecule is CCNC1CCC(C)CC1CN(C)CC1CCOCC1. The van der Waals surface area contributed by atoms with Gasteiger partial charge in [-0.25, -0.2) is 0 Å². The normalized spacial score (nSPS) is 32.7. The van der Waals surface area contributed by atoms with E-state index in [2.05, 4.69) is 31.1 Å². The first-order valence-corrected chi connectivity index (χ1v) is 8.68. The number of hydrogen-bond donors (Lipinski definition) is 1. The van der Waals surface area contributed by atoms with Crippen LogP contribution < -0.4 is 5.32 Å². The van der Waals surface area contributed by atoms with Crippen molar-refractivity contribution in [3.63, 3.8) is 0 Å². The van der Waals surface area contributed by atoms with Crippen molar-refractivity contribution in [2.45, 2.75) is 52.0 Å². The Morgan fingerprint density at radius 2 is 1.85 bits per heavy atom. The van der Waals surface area contributed by atoms with Gasteiger partial charge in [0.25, 0.3) is 0 Å². The molecule has 1 saturated heterocycles. The molecule has 0 aromatic carbocycles. The molecular weight excluding hydrogens is 248 g/mol. The molecule has 3 unspecified atom stereocenters. The van der Waals surface area contributed by atoms with E-state index in [1.54, 1.807) is 0 Å². The van der Waals surface area contributed by atoms with Crippen LogP contribution in [0.1, 0.15) is 46.0 Å². The Morgan fingerprint density at radius 1 is 1.10 bits per heavy atom. The van der Waals surface area contributed by atoms with Gasteiger partial charge in [0.05, 0.1) is 0 Å². The van der Waals surface area contributed by atoms with Crippen LogP contribution in [0.4, 0.5) is 0 Å². The highest BCUT2D eigenvalue weighted by Gasteiger charge is 2.29. The van der Waals surface area contributed by atoms with Gasteiger partial charge >= 0.3 is 0 Å². The molecule has 0 aromatic rings. The summed E-state index contributed by atoms with van der Waals surface area (Å²) in [5.41, 5.74) is 0. The molecule has 1 saturated carbocycles. The zero-order valence-electron chi connectivity index (χ0n) is 13.7. The summed E-state index contributed by atoms with van der Waals surface area (Å²) in [5, 5.41) is 3.72. The maximum Gasteiger partial charge on any atom is 0.0469 e. The van der Waals surface area contributed by atoms with Gasteiger partial charge in [-0.1, -0.05) is 13.8 Å². The van der Waals surface area contributed by atoms with E-state index in [0.29, 0.717) is 0 Å². The number of nitrogens with zero attached hydrogens (tertiary/aromatic N) is 1. The van der Waals surface area contributed by atoms with Crippen LogP contribution in [-0.2, 0) is 4.74 Å². The fourth-order valence-corrected chi connectivity index (χ4v) is 4.08. The summed E-state index contributed by atoms with van der Waals surface area (Å²) in [6.45, 7) is 10.2. The Bertz CT molecular complexity index is 266. The molecular formula is C17H34N2O. The molecule has 118 valence electrons. The van der Waals surface area contributed by atoms with Crippen molar-refractivity contribution in [3.05, 3.63) is 0 Å². The van der Waals surface area contributed by atoms with Gasteiger partial charge < -0.3 is 15.0 Å². The van der Waals surface area contributed by atoms with Crippen LogP contribution in [0.15, 0.2) is 0 Å². The molecule has 1 aliphatic heterocycles. The number of rotatable bonds is 6. The molecule has 0 bridgehead atoms. The highest BCUT2D eigenvalue weighted by Crippen LogP contribution is 2.30. The second-order valence-corrected chi connectivity index (χ2v) is 7.12. The molecule has 3 heteroatoms. The zero-order valence-corrected chi connectivity index (χ0v) is 13.7. The van der Waals surface area contributed by atoms with Crippen molar-refractivity contribution < 1.29 is 4.74 Å². The van der Waals surface area contributed by atoms with Gasteiger partial charge in [0.15, 0.2) is 0 Å². The Kier molecular flexibility index (Phi) is 6.79. The quantitative estimate of drug-likeness (QED) is 0.811. The van der Waals surface area contributed by atoms with E-state index in [1.165, 1.54) is 45.2 Å². The van der Waals surface area contributed by atoms with E-state index < -0.39 is 0 Å². The summed E-state index contributed by atoms with van der Waals surface area (Å²) >= 11 is 0. The third-order valence-corrected chi connectivity index (χ3v) is 5.17. The van der Waals surface area contributed by atoms with Crippen LogP contribution in [0.3, 0.4) is 0 Å². The molecule has 0 radical (unpaired) electrons. The lowest BCUT2D eigenvalue weighted by Crippen LogP contribution is -2.45. The van der Waals surface area contributed by atoms with Crippen molar-refractivity contribution in [1.82, 2.24) is 10.2 Å². The summed E-state index contributed by atoms with van der Waals surface area (Å²) in [7, 11) is 2.32. The van der Waals surface area contributed by atoms with Gasteiger partial charge in [-0.2, -0.15) is 0 Å². The van der Waals surface area contributed by atoms with Crippen LogP contribution in [-0.4, -0.2) is 50.8 Å². The van der Waals surface area contributed by atoms with Gasteiger partial charge in [0.1, 0.15) is 0 Å². The van der Waals surface area contributed by atoms with E-state index in [4.69, 9.17) is 4.74 Å². The van der Waals surface area contributed by atoms with Crippen LogP contribution in [0.2, 0.25) is 0 Å². The first kappa shape index (κ1) is 16.3. The van der Waals surface area contributed by atoms with E-state index in [0.717, 1.165) is 43.6 Å². The molecule has 20 heavy (non-hydrogen) atoms. The molecule has 0 amide bonds. The molecule has 1 aliphatic carbocycles. The van der Waals surface area contributed by atoms with Crippen LogP contribution in [0, 0.1) is 17.8 Å². The van der Waals surface area contributed by atoms with Crippen molar-refractivity contribution in [2.24, 2.45) is 17.8 Å². The summed E-state index contributed by atoms with van der Waals surface area (Å²) in [6, 6.07) is 0.744. The van der Waals surface area contributed by atoms with Crippen molar-refractivity contribution in [2.75, 3.05) is 39.9 Å². The van der Waals surface area contributed by atoms with E-state index in [1.807, 2.05) is 0 Å². The smallest absolute Gasteiger partial charge is 0.0469 e. The fourth-order valence-electron chi connectivity index (χ4n) is 4.08. The zero-order chi connectivity index (χ0) is 14.4. The highest BCUT2D eigenvalue weighted by molar-refractivity contribution is 4.85. The third kappa shape index (κ3) is 5.01. The maximum absolute atomic E-state index is 5.47. The monoisotopic (exact) mass is 282 g/mol. The van der Waals surface area contributed by atoms with Crippen LogP contribution in [0.25, 0.3) is 0 Å². The Balaban J connectivity index is 1.78. The number of nitrogens with one attached hydrogen (secondary N) is 1. The Labute approximate surface area is 125 Å². The fraction of sp³-hybridized carbons (Fsp3) is 1.00. The van der Waals surface area contributed by atoms with Crippen molar-refractivity contribution in [3.8, 4) is 0 Å². The Morgan fingerprint density at radius 3 is 2.55 bits per heavy atom. The lowest BCUT2D eigenvalue weighted by atomic mass is 9.78. The minimum Gasteiger partial charge on any atom is -0.381 e. The molecule has 2 rings (SSSR count). The largest absolute Gasteiger partial charge is 0.381 e. The predicted octanol–water partition coefficient (Wildman–Crippen LogP) is 2.76. The number of hydrogen-bond acceptors (Lipinski definition) is 3. The molecule has 2 fully saturated rings. The first-order valence-electron chi connectivity index (χ1n) is 8.68. The minimum absolute atomic E-state index is 0.744. The van der Waals surface area contributed by atoms with E-state index in [9.17, 15) is 0 Å². The lowest BCUT2D eigenvalue weighted by molar-refractivity contribution is 0.0511. The molecule has 2 aliphatic rings. The van der Waals surface area contributed by atoms with Gasteiger partial charge in [-0.15, -0.1) is 0 Å². The summed E-state index contributed by atoms with van der Waals surface area (Å²) in [5.74, 6) is 2.60. The van der Waals surface area contributed by atoms with E-state index in [-0.39, 0.29) is 0 Å². The standard InChI is InChI=1S/C17H34N2O/c1-4-18-17-6-5-14(2)11-16(17)13-19(3)12-15-7-9-20-10-8-15/h14-18H,4-13H2,1-3H3. The first-order chi connectivity index (χ1) is 9.69. The van der Waals surface area contributed by atoms with Crippen LogP contribution in [0.5, 0.6) is 0 Å². The predicted molar refractivity (Wildman–Crippen MR) is 85.0 cm³/mol. The average Bonchev–Trinajstić information content (AvgIpc) is 2.43. The molecule has 3 nitrogen and oxygen atoms in total. The summed E-state index contributed by atoms with van der Waals surface area (Å²) in [4.78, 5) is 2.59. The maximum atomic E-state index is 5.47. The number of ether oxygens (including phenoxy) is 1. The second kappa shape index (κ2) is 8.35. The van der Waals surface area contributed by atoms with Crippen molar-refractivity contribution >= 4 is 0 Å². The third-order valence-electron chi connectivity index (χ3n) is 5.17. The average molecular weight is 282 g/mol. The van der Waals surface area contributed by atoms with Gasteiger partial charge in [-0.3, -0.25) is 0 Å². The molecule has 3 atom stereocenters. The summed E-state index contributed by atoms with van der Waals surface area (Å²) < 4.78 is 5.47. The lowest BCUT2D eigenvalue weighted by Gasteiger charge is -2.38. The van der Waals surface area contributed by atoms with Crippen LogP contribution >= 0.6 is 0 Å². The van der Waals surface area contributed by atoms with Crippen molar-refractivity contribution in [1.29, 1.82) is 0 Å². The Hall–Kier alpha value is -0.120. The second-order valence-electron chi connectivity index (χ2n) is 7.12. The highest BCUT2D eigenvalue weighted by atomic mass is 16.5.